The van der Waals surface area contributed by atoms with Gasteiger partial charge in [-0.05, 0) is 12.8 Å². The molecule has 0 aromatic carbocycles. The molecule has 0 spiro atoms. The van der Waals surface area contributed by atoms with Crippen molar-refractivity contribution in [3.8, 4) is 0 Å². The van der Waals surface area contributed by atoms with Crippen LogP contribution in [0.3, 0.4) is 0 Å². The Morgan fingerprint density at radius 3 is 3.00 bits per heavy atom. The Labute approximate surface area is 87.4 Å². The van der Waals surface area contributed by atoms with Gasteiger partial charge in [0, 0.05) is 25.0 Å². The van der Waals surface area contributed by atoms with E-state index in [1.807, 2.05) is 4.57 Å². The van der Waals surface area contributed by atoms with Crippen LogP contribution in [0.4, 0.5) is 5.95 Å². The monoisotopic (exact) mass is 212 g/mol. The van der Waals surface area contributed by atoms with E-state index in [2.05, 4.69) is 10.3 Å². The molecule has 0 bridgehead atoms. The smallest absolute Gasteiger partial charge is 0.204 e. The molecule has 1 fully saturated rings. The highest BCUT2D eigenvalue weighted by Crippen LogP contribution is 2.43. The maximum atomic E-state index is 6.25. The van der Waals surface area contributed by atoms with Crippen molar-refractivity contribution < 1.29 is 0 Å². The quantitative estimate of drug-likeness (QED) is 0.735. The van der Waals surface area contributed by atoms with Crippen LogP contribution in [-0.2, 0) is 6.54 Å². The molecule has 4 nitrogen and oxygen atoms in total. The topological polar surface area (TPSA) is 55.9 Å². The molecular formula is C9H13ClN4. The molecule has 3 rings (SSSR count). The highest BCUT2D eigenvalue weighted by atomic mass is 35.5. The summed E-state index contributed by atoms with van der Waals surface area (Å²) in [6.45, 7) is 1.57. The van der Waals surface area contributed by atoms with E-state index in [0.29, 0.717) is 5.92 Å². The van der Waals surface area contributed by atoms with Gasteiger partial charge in [-0.3, -0.25) is 4.57 Å². The highest BCUT2D eigenvalue weighted by Gasteiger charge is 2.32. The molecule has 1 unspecified atom stereocenters. The molecule has 1 aliphatic heterocycles. The fourth-order valence-corrected chi connectivity index (χ4v) is 2.24. The lowest BCUT2D eigenvalue weighted by Crippen LogP contribution is -2.38. The number of hydrogen-bond donors (Lipinski definition) is 2. The number of aromatic nitrogens is 2. The summed E-state index contributed by atoms with van der Waals surface area (Å²) in [5.74, 6) is 1.48. The van der Waals surface area contributed by atoms with Crippen molar-refractivity contribution in [1.82, 2.24) is 9.55 Å². The van der Waals surface area contributed by atoms with E-state index in [9.17, 15) is 0 Å². The number of hydrogen-bond acceptors (Lipinski definition) is 3. The van der Waals surface area contributed by atoms with E-state index in [1.165, 1.54) is 12.8 Å². The minimum absolute atomic E-state index is 0.140. The van der Waals surface area contributed by atoms with Gasteiger partial charge in [-0.1, -0.05) is 11.6 Å². The average molecular weight is 213 g/mol. The third-order valence-electron chi connectivity index (χ3n) is 2.83. The Bertz CT molecular complexity index is 369. The van der Waals surface area contributed by atoms with Crippen molar-refractivity contribution in [2.75, 3.05) is 11.9 Å². The van der Waals surface area contributed by atoms with Gasteiger partial charge < -0.3 is 11.1 Å². The van der Waals surface area contributed by atoms with Crippen molar-refractivity contribution in [3.05, 3.63) is 10.8 Å². The summed E-state index contributed by atoms with van der Waals surface area (Å²) in [5, 5.41) is 3.98. The Morgan fingerprint density at radius 2 is 2.29 bits per heavy atom. The molecule has 1 saturated carbocycles. The number of nitrogens with one attached hydrogen (secondary N) is 1. The number of nitrogens with two attached hydrogens (primary N) is 1. The molecule has 1 aliphatic carbocycles. The van der Waals surface area contributed by atoms with Crippen LogP contribution in [0.2, 0.25) is 5.15 Å². The summed E-state index contributed by atoms with van der Waals surface area (Å²) in [4.78, 5) is 4.51. The van der Waals surface area contributed by atoms with Gasteiger partial charge in [0.15, 0.2) is 0 Å². The standard InChI is InChI=1S/C9H13ClN4/c10-8-7(5-1-2-5)13-9-12-3-6(11)4-14(8)9/h5-6H,1-4,11H2,(H,12,13). The van der Waals surface area contributed by atoms with E-state index in [-0.39, 0.29) is 6.04 Å². The molecule has 5 heteroatoms. The van der Waals surface area contributed by atoms with E-state index < -0.39 is 0 Å². The summed E-state index contributed by atoms with van der Waals surface area (Å²) in [6.07, 6.45) is 2.45. The first-order chi connectivity index (χ1) is 6.75. The van der Waals surface area contributed by atoms with E-state index in [0.717, 1.165) is 29.9 Å². The van der Waals surface area contributed by atoms with Crippen molar-refractivity contribution in [2.45, 2.75) is 31.3 Å². The molecule has 0 radical (unpaired) electrons. The van der Waals surface area contributed by atoms with Gasteiger partial charge in [0.05, 0.1) is 5.69 Å². The Balaban J connectivity index is 2.02. The molecule has 1 aromatic heterocycles. The Kier molecular flexibility index (Phi) is 1.76. The minimum atomic E-state index is 0.140. The zero-order valence-corrected chi connectivity index (χ0v) is 8.59. The molecule has 2 aliphatic rings. The molecule has 0 saturated heterocycles. The van der Waals surface area contributed by atoms with Crippen molar-refractivity contribution in [1.29, 1.82) is 0 Å². The van der Waals surface area contributed by atoms with Crippen molar-refractivity contribution in [2.24, 2.45) is 5.73 Å². The van der Waals surface area contributed by atoms with E-state index >= 15 is 0 Å². The maximum Gasteiger partial charge on any atom is 0.204 e. The van der Waals surface area contributed by atoms with Crippen LogP contribution in [0.25, 0.3) is 0 Å². The van der Waals surface area contributed by atoms with Gasteiger partial charge in [-0.25, -0.2) is 4.98 Å². The first-order valence-corrected chi connectivity index (χ1v) is 5.39. The van der Waals surface area contributed by atoms with Crippen LogP contribution >= 0.6 is 11.6 Å². The van der Waals surface area contributed by atoms with Gasteiger partial charge in [0.2, 0.25) is 5.95 Å². The summed E-state index contributed by atoms with van der Waals surface area (Å²) in [7, 11) is 0. The molecule has 1 atom stereocenters. The van der Waals surface area contributed by atoms with Crippen molar-refractivity contribution >= 4 is 17.5 Å². The lowest BCUT2D eigenvalue weighted by atomic mass is 10.3. The van der Waals surface area contributed by atoms with Crippen LogP contribution in [-0.4, -0.2) is 22.1 Å². The summed E-state index contributed by atoms with van der Waals surface area (Å²) in [6, 6.07) is 0.140. The normalized spacial score (nSPS) is 25.7. The summed E-state index contributed by atoms with van der Waals surface area (Å²) in [5.41, 5.74) is 6.91. The maximum absolute atomic E-state index is 6.25. The van der Waals surface area contributed by atoms with E-state index in [1.54, 1.807) is 0 Å². The molecule has 2 heterocycles. The fraction of sp³-hybridized carbons (Fsp3) is 0.667. The Morgan fingerprint density at radius 1 is 1.50 bits per heavy atom. The van der Waals surface area contributed by atoms with Crippen LogP contribution in [0.1, 0.15) is 24.5 Å². The second-order valence-corrected chi connectivity index (χ2v) is 4.50. The first kappa shape index (κ1) is 8.56. The molecule has 1 aromatic rings. The van der Waals surface area contributed by atoms with Gasteiger partial charge in [0.1, 0.15) is 5.15 Å². The predicted octanol–water partition coefficient (Wildman–Crippen LogP) is 1.17. The second kappa shape index (κ2) is 2.87. The van der Waals surface area contributed by atoms with Crippen LogP contribution < -0.4 is 11.1 Å². The lowest BCUT2D eigenvalue weighted by Gasteiger charge is -2.21. The number of halogens is 1. The van der Waals surface area contributed by atoms with Crippen LogP contribution in [0.5, 0.6) is 0 Å². The fourth-order valence-electron chi connectivity index (χ4n) is 1.89. The molecule has 76 valence electrons. The second-order valence-electron chi connectivity index (χ2n) is 4.14. The highest BCUT2D eigenvalue weighted by molar-refractivity contribution is 6.30. The van der Waals surface area contributed by atoms with E-state index in [4.69, 9.17) is 17.3 Å². The lowest BCUT2D eigenvalue weighted by molar-refractivity contribution is 0.543. The third kappa shape index (κ3) is 1.21. The van der Waals surface area contributed by atoms with Crippen molar-refractivity contribution in [3.63, 3.8) is 0 Å². The summed E-state index contributed by atoms with van der Waals surface area (Å²) < 4.78 is 1.99. The van der Waals surface area contributed by atoms with Gasteiger partial charge in [-0.15, -0.1) is 0 Å². The van der Waals surface area contributed by atoms with Gasteiger partial charge >= 0.3 is 0 Å². The number of fused-ring (bicyclic) bond motifs is 1. The minimum Gasteiger partial charge on any atom is -0.354 e. The zero-order valence-electron chi connectivity index (χ0n) is 7.83. The predicted molar refractivity (Wildman–Crippen MR) is 55.7 cm³/mol. The number of nitrogens with zero attached hydrogens (tertiary/aromatic N) is 2. The average Bonchev–Trinajstić information content (AvgIpc) is 2.95. The summed E-state index contributed by atoms with van der Waals surface area (Å²) >= 11 is 6.25. The Hall–Kier alpha value is -0.740. The molecule has 3 N–H and O–H groups in total. The largest absolute Gasteiger partial charge is 0.354 e. The third-order valence-corrected chi connectivity index (χ3v) is 3.23. The molecule has 14 heavy (non-hydrogen) atoms. The number of anilines is 1. The van der Waals surface area contributed by atoms with Crippen LogP contribution in [0, 0.1) is 0 Å². The van der Waals surface area contributed by atoms with Gasteiger partial charge in [-0.2, -0.15) is 0 Å². The molecule has 0 amide bonds. The van der Waals surface area contributed by atoms with Gasteiger partial charge in [0.25, 0.3) is 0 Å². The van der Waals surface area contributed by atoms with Crippen LogP contribution in [0.15, 0.2) is 0 Å². The zero-order chi connectivity index (χ0) is 9.71. The SMILES string of the molecule is NC1CNc2nc(C3CC3)c(Cl)n2C1. The number of imidazole rings is 1. The first-order valence-electron chi connectivity index (χ1n) is 5.01. The molecular weight excluding hydrogens is 200 g/mol. The number of rotatable bonds is 1.